The van der Waals surface area contributed by atoms with Crippen LogP contribution in [0, 0.1) is 13.8 Å². The van der Waals surface area contributed by atoms with Gasteiger partial charge in [-0.2, -0.15) is 0 Å². The number of aryl methyl sites for hydroxylation is 1. The Bertz CT molecular complexity index is 868. The van der Waals surface area contributed by atoms with Gasteiger partial charge in [0.25, 0.3) is 0 Å². The Kier molecular flexibility index (Phi) is 4.98. The molecule has 4 heteroatoms. The molecule has 0 N–H and O–H groups in total. The summed E-state index contributed by atoms with van der Waals surface area (Å²) in [5, 5.41) is 1.16. The van der Waals surface area contributed by atoms with Gasteiger partial charge in [-0.3, -0.25) is 0 Å². The number of benzene rings is 2. The van der Waals surface area contributed by atoms with Crippen LogP contribution in [0.3, 0.4) is 0 Å². The van der Waals surface area contributed by atoms with Gasteiger partial charge >= 0.3 is 0 Å². The maximum atomic E-state index is 6.13. The van der Waals surface area contributed by atoms with Gasteiger partial charge < -0.3 is 4.57 Å². The van der Waals surface area contributed by atoms with Crippen LogP contribution in [0.1, 0.15) is 40.9 Å². The molecule has 0 bridgehead atoms. The summed E-state index contributed by atoms with van der Waals surface area (Å²) in [5.41, 5.74) is 5.06. The number of hydrogen-bond acceptors (Lipinski definition) is 1. The van der Waals surface area contributed by atoms with E-state index in [4.69, 9.17) is 23.2 Å². The number of aromatic nitrogens is 2. The minimum atomic E-state index is 0.225. The molecule has 24 heavy (non-hydrogen) atoms. The Morgan fingerprint density at radius 1 is 1.08 bits per heavy atom. The topological polar surface area (TPSA) is 17.8 Å². The van der Waals surface area contributed by atoms with Gasteiger partial charge in [0.2, 0.25) is 0 Å². The summed E-state index contributed by atoms with van der Waals surface area (Å²) in [6.07, 6.45) is 3.87. The molecule has 0 radical (unpaired) electrons. The van der Waals surface area contributed by atoms with Gasteiger partial charge in [-0.25, -0.2) is 4.98 Å². The second kappa shape index (κ2) is 7.00. The third kappa shape index (κ3) is 3.35. The van der Waals surface area contributed by atoms with Crippen LogP contribution in [-0.2, 0) is 6.54 Å². The van der Waals surface area contributed by atoms with Gasteiger partial charge in [0.1, 0.15) is 5.82 Å². The lowest BCUT2D eigenvalue weighted by molar-refractivity contribution is 0.687. The lowest BCUT2D eigenvalue weighted by Gasteiger charge is -2.18. The van der Waals surface area contributed by atoms with Crippen LogP contribution in [0.15, 0.2) is 48.8 Å². The molecule has 0 spiro atoms. The van der Waals surface area contributed by atoms with Crippen LogP contribution in [-0.4, -0.2) is 9.55 Å². The van der Waals surface area contributed by atoms with E-state index in [-0.39, 0.29) is 5.92 Å². The van der Waals surface area contributed by atoms with E-state index in [0.717, 1.165) is 17.9 Å². The highest BCUT2D eigenvalue weighted by molar-refractivity contribution is 6.42. The van der Waals surface area contributed by atoms with Gasteiger partial charge in [0.05, 0.1) is 10.0 Å². The molecular formula is C20H20Cl2N2. The lowest BCUT2D eigenvalue weighted by atomic mass is 9.93. The average Bonchev–Trinajstić information content (AvgIpc) is 3.01. The van der Waals surface area contributed by atoms with Gasteiger partial charge in [-0.05, 0) is 48.2 Å². The number of rotatable bonds is 4. The summed E-state index contributed by atoms with van der Waals surface area (Å²) in [7, 11) is 0. The van der Waals surface area contributed by atoms with Gasteiger partial charge in [-0.15, -0.1) is 0 Å². The standard InChI is InChI=1S/C20H20Cl2N2/c1-13-5-4-6-17(14(13)2)15(3)20-23-9-10-24(20)12-16-7-8-18(21)19(22)11-16/h4-11,15H,12H2,1-3H3/t15-/m0/s1. The van der Waals surface area contributed by atoms with E-state index in [1.807, 2.05) is 30.6 Å². The maximum Gasteiger partial charge on any atom is 0.116 e. The lowest BCUT2D eigenvalue weighted by Crippen LogP contribution is -2.10. The summed E-state index contributed by atoms with van der Waals surface area (Å²) < 4.78 is 2.17. The largest absolute Gasteiger partial charge is 0.330 e. The van der Waals surface area contributed by atoms with Crippen LogP contribution >= 0.6 is 23.2 Å². The van der Waals surface area contributed by atoms with Crippen LogP contribution in [0.25, 0.3) is 0 Å². The summed E-state index contributed by atoms with van der Waals surface area (Å²) in [4.78, 5) is 4.60. The summed E-state index contributed by atoms with van der Waals surface area (Å²) >= 11 is 12.1. The average molecular weight is 359 g/mol. The fourth-order valence-electron chi connectivity index (χ4n) is 3.05. The molecule has 0 aliphatic carbocycles. The minimum Gasteiger partial charge on any atom is -0.330 e. The summed E-state index contributed by atoms with van der Waals surface area (Å²) in [6, 6.07) is 12.2. The van der Waals surface area contributed by atoms with E-state index < -0.39 is 0 Å². The predicted molar refractivity (Wildman–Crippen MR) is 101 cm³/mol. The first-order valence-electron chi connectivity index (χ1n) is 7.98. The molecule has 0 aliphatic heterocycles. The molecule has 3 aromatic rings. The molecule has 1 aromatic heterocycles. The van der Waals surface area contributed by atoms with E-state index in [9.17, 15) is 0 Å². The molecule has 0 fully saturated rings. The van der Waals surface area contributed by atoms with Gasteiger partial charge in [0.15, 0.2) is 0 Å². The van der Waals surface area contributed by atoms with Crippen molar-refractivity contribution in [2.75, 3.05) is 0 Å². The van der Waals surface area contributed by atoms with Crippen molar-refractivity contribution >= 4 is 23.2 Å². The van der Waals surface area contributed by atoms with E-state index in [0.29, 0.717) is 10.0 Å². The summed E-state index contributed by atoms with van der Waals surface area (Å²) in [6.45, 7) is 7.25. The van der Waals surface area contributed by atoms with Crippen LogP contribution in [0.2, 0.25) is 10.0 Å². The molecular weight excluding hydrogens is 339 g/mol. The van der Waals surface area contributed by atoms with Crippen molar-refractivity contribution in [1.29, 1.82) is 0 Å². The number of hydrogen-bond donors (Lipinski definition) is 0. The Morgan fingerprint density at radius 2 is 1.88 bits per heavy atom. The zero-order valence-corrected chi connectivity index (χ0v) is 15.6. The van der Waals surface area contributed by atoms with Crippen LogP contribution in [0.5, 0.6) is 0 Å². The Morgan fingerprint density at radius 3 is 2.62 bits per heavy atom. The second-order valence-corrected chi connectivity index (χ2v) is 6.99. The van der Waals surface area contributed by atoms with Crippen molar-refractivity contribution in [3.05, 3.63) is 86.9 Å². The molecule has 3 rings (SSSR count). The highest BCUT2D eigenvalue weighted by Gasteiger charge is 2.17. The van der Waals surface area contributed by atoms with E-state index in [1.165, 1.54) is 16.7 Å². The van der Waals surface area contributed by atoms with Crippen LogP contribution < -0.4 is 0 Å². The number of imidazole rings is 1. The zero-order chi connectivity index (χ0) is 17.3. The van der Waals surface area contributed by atoms with Crippen molar-refractivity contribution in [3.8, 4) is 0 Å². The van der Waals surface area contributed by atoms with E-state index >= 15 is 0 Å². The minimum absolute atomic E-state index is 0.225. The third-order valence-electron chi connectivity index (χ3n) is 4.58. The van der Waals surface area contributed by atoms with Crippen molar-refractivity contribution < 1.29 is 0 Å². The number of halogens is 2. The number of nitrogens with zero attached hydrogens (tertiary/aromatic N) is 2. The fraction of sp³-hybridized carbons (Fsp3) is 0.250. The Labute approximate surface area is 153 Å². The zero-order valence-electron chi connectivity index (χ0n) is 14.1. The summed E-state index contributed by atoms with van der Waals surface area (Å²) in [5.74, 6) is 1.28. The maximum absolute atomic E-state index is 6.13. The molecule has 124 valence electrons. The van der Waals surface area contributed by atoms with Gasteiger partial charge in [0, 0.05) is 24.9 Å². The predicted octanol–water partition coefficient (Wildman–Crippen LogP) is 6.01. The Balaban J connectivity index is 1.92. The molecule has 0 saturated heterocycles. The van der Waals surface area contributed by atoms with Crippen molar-refractivity contribution in [2.45, 2.75) is 33.2 Å². The monoisotopic (exact) mass is 358 g/mol. The Hall–Kier alpha value is -1.77. The molecule has 0 saturated carbocycles. The quantitative estimate of drug-likeness (QED) is 0.558. The molecule has 0 unspecified atom stereocenters. The molecule has 2 nitrogen and oxygen atoms in total. The molecule has 2 aromatic carbocycles. The smallest absolute Gasteiger partial charge is 0.116 e. The van der Waals surface area contributed by atoms with Crippen LogP contribution in [0.4, 0.5) is 0 Å². The van der Waals surface area contributed by atoms with E-state index in [1.54, 1.807) is 0 Å². The second-order valence-electron chi connectivity index (χ2n) is 6.17. The van der Waals surface area contributed by atoms with Crippen molar-refractivity contribution in [2.24, 2.45) is 0 Å². The fourth-order valence-corrected chi connectivity index (χ4v) is 3.37. The van der Waals surface area contributed by atoms with Crippen molar-refractivity contribution in [3.63, 3.8) is 0 Å². The highest BCUT2D eigenvalue weighted by Crippen LogP contribution is 2.28. The normalized spacial score (nSPS) is 12.4. The molecule has 1 atom stereocenters. The molecule has 0 aliphatic rings. The third-order valence-corrected chi connectivity index (χ3v) is 5.32. The highest BCUT2D eigenvalue weighted by atomic mass is 35.5. The first-order valence-corrected chi connectivity index (χ1v) is 8.74. The van der Waals surface area contributed by atoms with Crippen molar-refractivity contribution in [1.82, 2.24) is 9.55 Å². The first kappa shape index (κ1) is 17.1. The molecule has 1 heterocycles. The molecule has 0 amide bonds. The van der Waals surface area contributed by atoms with E-state index in [2.05, 4.69) is 48.5 Å². The van der Waals surface area contributed by atoms with Gasteiger partial charge in [-0.1, -0.05) is 54.4 Å². The first-order chi connectivity index (χ1) is 11.5. The SMILES string of the molecule is Cc1cccc([C@H](C)c2nccn2Cc2ccc(Cl)c(Cl)c2)c1C.